The van der Waals surface area contributed by atoms with Gasteiger partial charge in [-0.05, 0) is 19.3 Å². The maximum atomic E-state index is 11.7. The van der Waals surface area contributed by atoms with Gasteiger partial charge < -0.3 is 21.1 Å². The number of morpholine rings is 1. The first-order valence-electron chi connectivity index (χ1n) is 5.59. The second kappa shape index (κ2) is 7.38. The minimum atomic E-state index is -0.345. The number of amides is 1. The molecule has 1 amide bonds. The predicted molar refractivity (Wildman–Crippen MR) is 70.9 cm³/mol. The number of halogens is 2. The van der Waals surface area contributed by atoms with Gasteiger partial charge in [0.05, 0.1) is 6.61 Å². The molecule has 17 heavy (non-hydrogen) atoms. The third-order valence-electron chi connectivity index (χ3n) is 3.18. The van der Waals surface area contributed by atoms with Crippen LogP contribution in [-0.2, 0) is 9.53 Å². The van der Waals surface area contributed by atoms with Gasteiger partial charge in [-0.2, -0.15) is 0 Å². The van der Waals surface area contributed by atoms with Crippen LogP contribution >= 0.6 is 24.8 Å². The van der Waals surface area contributed by atoms with Crippen molar-refractivity contribution >= 4 is 30.7 Å². The molecule has 2 rings (SSSR count). The van der Waals surface area contributed by atoms with Crippen LogP contribution in [-0.4, -0.2) is 43.8 Å². The number of hydrogen-bond donors (Lipinski definition) is 3. The molecule has 102 valence electrons. The molecular formula is C10H21Cl2N3O2. The van der Waals surface area contributed by atoms with Crippen LogP contribution in [0.3, 0.4) is 0 Å². The molecule has 0 unspecified atom stereocenters. The normalized spacial score (nSPS) is 25.8. The van der Waals surface area contributed by atoms with E-state index in [1.165, 1.54) is 6.42 Å². The van der Waals surface area contributed by atoms with E-state index in [2.05, 4.69) is 10.6 Å². The Hall–Kier alpha value is -0.0700. The van der Waals surface area contributed by atoms with Gasteiger partial charge in [0.2, 0.25) is 0 Å². The standard InChI is InChI=1S/C10H19N3O2.2ClH/c11-10(2-1-3-10)7-13-9(14)8-6-12-4-5-15-8;;/h8,12H,1-7,11H2,(H,13,14);2*1H/t8-;;/m1../s1. The minimum absolute atomic E-state index is 0. The summed E-state index contributed by atoms with van der Waals surface area (Å²) in [6, 6.07) is 0. The SMILES string of the molecule is Cl.Cl.NC1(CNC(=O)[C@H]2CNCCO2)CCC1. The lowest BCUT2D eigenvalue weighted by atomic mass is 9.78. The van der Waals surface area contributed by atoms with Crippen molar-refractivity contribution in [2.45, 2.75) is 30.9 Å². The molecule has 1 saturated carbocycles. The minimum Gasteiger partial charge on any atom is -0.366 e. The lowest BCUT2D eigenvalue weighted by Crippen LogP contribution is -2.57. The molecule has 0 aromatic carbocycles. The zero-order chi connectivity index (χ0) is 10.7. The van der Waals surface area contributed by atoms with Crippen LogP contribution in [0.4, 0.5) is 0 Å². The lowest BCUT2D eigenvalue weighted by molar-refractivity contribution is -0.134. The number of hydrogen-bond acceptors (Lipinski definition) is 4. The molecular weight excluding hydrogens is 265 g/mol. The molecule has 4 N–H and O–H groups in total. The fraction of sp³-hybridized carbons (Fsp3) is 0.900. The van der Waals surface area contributed by atoms with Crippen LogP contribution in [0, 0.1) is 0 Å². The highest BCUT2D eigenvalue weighted by Crippen LogP contribution is 2.27. The molecule has 7 heteroatoms. The molecule has 1 atom stereocenters. The van der Waals surface area contributed by atoms with Gasteiger partial charge in [0, 0.05) is 25.2 Å². The first-order chi connectivity index (χ1) is 7.20. The van der Waals surface area contributed by atoms with Crippen molar-refractivity contribution in [3.8, 4) is 0 Å². The second-order valence-electron chi connectivity index (χ2n) is 4.50. The first-order valence-corrected chi connectivity index (χ1v) is 5.59. The zero-order valence-corrected chi connectivity index (χ0v) is 11.4. The van der Waals surface area contributed by atoms with E-state index in [-0.39, 0.29) is 42.4 Å². The molecule has 5 nitrogen and oxygen atoms in total. The second-order valence-corrected chi connectivity index (χ2v) is 4.50. The van der Waals surface area contributed by atoms with Crippen molar-refractivity contribution in [1.29, 1.82) is 0 Å². The molecule has 0 bridgehead atoms. The quantitative estimate of drug-likeness (QED) is 0.672. The van der Waals surface area contributed by atoms with Crippen LogP contribution in [0.15, 0.2) is 0 Å². The Balaban J connectivity index is 0.00000128. The largest absolute Gasteiger partial charge is 0.366 e. The zero-order valence-electron chi connectivity index (χ0n) is 9.74. The summed E-state index contributed by atoms with van der Waals surface area (Å²) in [5.74, 6) is -0.0427. The number of carbonyl (C=O) groups is 1. The Morgan fingerprint density at radius 1 is 1.47 bits per heavy atom. The van der Waals surface area contributed by atoms with Crippen LogP contribution < -0.4 is 16.4 Å². The molecule has 1 saturated heterocycles. The van der Waals surface area contributed by atoms with Gasteiger partial charge in [-0.15, -0.1) is 24.8 Å². The Kier molecular flexibility index (Phi) is 7.35. The maximum Gasteiger partial charge on any atom is 0.250 e. The van der Waals surface area contributed by atoms with E-state index in [4.69, 9.17) is 10.5 Å². The average molecular weight is 286 g/mol. The lowest BCUT2D eigenvalue weighted by Gasteiger charge is -2.38. The van der Waals surface area contributed by atoms with Gasteiger partial charge in [0.25, 0.3) is 5.91 Å². The molecule has 1 aliphatic heterocycles. The average Bonchev–Trinajstić information content (AvgIpc) is 2.24. The van der Waals surface area contributed by atoms with Gasteiger partial charge in [-0.25, -0.2) is 0 Å². The summed E-state index contributed by atoms with van der Waals surface area (Å²) < 4.78 is 5.34. The van der Waals surface area contributed by atoms with E-state index in [1.807, 2.05) is 0 Å². The Bertz CT molecular complexity index is 244. The summed E-state index contributed by atoms with van der Waals surface area (Å²) in [6.07, 6.45) is 2.85. The van der Waals surface area contributed by atoms with Crippen LogP contribution in [0.2, 0.25) is 0 Å². The first kappa shape index (κ1) is 16.9. The number of ether oxygens (including phenoxy) is 1. The molecule has 1 aliphatic carbocycles. The van der Waals surface area contributed by atoms with Gasteiger partial charge in [0.1, 0.15) is 6.10 Å². The number of nitrogens with one attached hydrogen (secondary N) is 2. The summed E-state index contributed by atoms with van der Waals surface area (Å²) >= 11 is 0. The van der Waals surface area contributed by atoms with E-state index >= 15 is 0 Å². The van der Waals surface area contributed by atoms with Crippen molar-refractivity contribution in [2.75, 3.05) is 26.2 Å². The highest BCUT2D eigenvalue weighted by Gasteiger charge is 2.33. The highest BCUT2D eigenvalue weighted by molar-refractivity contribution is 5.85. The summed E-state index contributed by atoms with van der Waals surface area (Å²) in [4.78, 5) is 11.7. The van der Waals surface area contributed by atoms with Crippen molar-refractivity contribution in [3.05, 3.63) is 0 Å². The number of carbonyl (C=O) groups excluding carboxylic acids is 1. The van der Waals surface area contributed by atoms with Crippen LogP contribution in [0.1, 0.15) is 19.3 Å². The molecule has 0 aromatic rings. The molecule has 2 fully saturated rings. The Labute approximate surface area is 114 Å². The molecule has 0 radical (unpaired) electrons. The Morgan fingerprint density at radius 2 is 2.18 bits per heavy atom. The molecule has 1 heterocycles. The molecule has 0 spiro atoms. The topological polar surface area (TPSA) is 76.4 Å². The summed E-state index contributed by atoms with van der Waals surface area (Å²) in [6.45, 7) is 2.60. The summed E-state index contributed by atoms with van der Waals surface area (Å²) in [5, 5.41) is 5.99. The highest BCUT2D eigenvalue weighted by atomic mass is 35.5. The number of nitrogens with two attached hydrogens (primary N) is 1. The van der Waals surface area contributed by atoms with Crippen molar-refractivity contribution < 1.29 is 9.53 Å². The van der Waals surface area contributed by atoms with E-state index in [1.54, 1.807) is 0 Å². The van der Waals surface area contributed by atoms with Crippen molar-refractivity contribution in [2.24, 2.45) is 5.73 Å². The Morgan fingerprint density at radius 3 is 2.65 bits per heavy atom. The smallest absolute Gasteiger partial charge is 0.250 e. The van der Waals surface area contributed by atoms with Gasteiger partial charge in [-0.1, -0.05) is 0 Å². The van der Waals surface area contributed by atoms with E-state index in [0.717, 1.165) is 19.4 Å². The monoisotopic (exact) mass is 285 g/mol. The summed E-state index contributed by atoms with van der Waals surface area (Å²) in [7, 11) is 0. The van der Waals surface area contributed by atoms with E-state index in [9.17, 15) is 4.79 Å². The van der Waals surface area contributed by atoms with Crippen molar-refractivity contribution in [1.82, 2.24) is 10.6 Å². The third-order valence-corrected chi connectivity index (χ3v) is 3.18. The van der Waals surface area contributed by atoms with E-state index < -0.39 is 0 Å². The van der Waals surface area contributed by atoms with E-state index in [0.29, 0.717) is 19.7 Å². The fourth-order valence-corrected chi connectivity index (χ4v) is 1.92. The maximum absolute atomic E-state index is 11.7. The predicted octanol–water partition coefficient (Wildman–Crippen LogP) is -0.184. The number of rotatable bonds is 3. The summed E-state index contributed by atoms with van der Waals surface area (Å²) in [5.41, 5.74) is 5.85. The fourth-order valence-electron chi connectivity index (χ4n) is 1.92. The molecule has 2 aliphatic rings. The van der Waals surface area contributed by atoms with Crippen molar-refractivity contribution in [3.63, 3.8) is 0 Å². The molecule has 0 aromatic heterocycles. The van der Waals surface area contributed by atoms with Crippen LogP contribution in [0.5, 0.6) is 0 Å². The van der Waals surface area contributed by atoms with Gasteiger partial charge in [0.15, 0.2) is 0 Å². The third kappa shape index (κ3) is 4.60. The van der Waals surface area contributed by atoms with Crippen LogP contribution in [0.25, 0.3) is 0 Å². The van der Waals surface area contributed by atoms with Gasteiger partial charge >= 0.3 is 0 Å². The van der Waals surface area contributed by atoms with Gasteiger partial charge in [-0.3, -0.25) is 4.79 Å².